The van der Waals surface area contributed by atoms with Crippen molar-refractivity contribution in [3.8, 4) is 0 Å². The quantitative estimate of drug-likeness (QED) is 0.701. The van der Waals surface area contributed by atoms with Crippen LogP contribution in [0.4, 0.5) is 5.82 Å². The van der Waals surface area contributed by atoms with Gasteiger partial charge in [-0.3, -0.25) is 14.0 Å². The van der Waals surface area contributed by atoms with E-state index in [1.54, 1.807) is 4.40 Å². The monoisotopic (exact) mass is 384 g/mol. The number of carbonyl (C=O) groups excluding carboxylic acids is 2. The molecule has 1 aliphatic carbocycles. The maximum absolute atomic E-state index is 13.1. The van der Waals surface area contributed by atoms with Crippen molar-refractivity contribution in [3.05, 3.63) is 30.1 Å². The van der Waals surface area contributed by atoms with Gasteiger partial charge in [0.05, 0.1) is 0 Å². The molecule has 1 fully saturated rings. The van der Waals surface area contributed by atoms with Crippen molar-refractivity contribution in [2.24, 2.45) is 5.92 Å². The van der Waals surface area contributed by atoms with Crippen LogP contribution in [0.2, 0.25) is 0 Å². The lowest BCUT2D eigenvalue weighted by molar-refractivity contribution is -0.120. The molecular weight excluding hydrogens is 352 g/mol. The van der Waals surface area contributed by atoms with Crippen molar-refractivity contribution in [1.29, 1.82) is 0 Å². The number of hydrogen-bond donors (Lipinski definition) is 2. The van der Waals surface area contributed by atoms with E-state index in [1.807, 2.05) is 31.3 Å². The largest absolute Gasteiger partial charge is 0.348 e. The number of anilines is 1. The van der Waals surface area contributed by atoms with Gasteiger partial charge in [-0.15, -0.1) is 0 Å². The molecule has 0 bridgehead atoms. The van der Waals surface area contributed by atoms with Crippen molar-refractivity contribution >= 4 is 23.3 Å². The van der Waals surface area contributed by atoms with Crippen LogP contribution in [0.3, 0.4) is 0 Å². The lowest BCUT2D eigenvalue weighted by Gasteiger charge is -2.23. The van der Waals surface area contributed by atoms with Gasteiger partial charge in [0.2, 0.25) is 5.91 Å². The van der Waals surface area contributed by atoms with Gasteiger partial charge in [-0.1, -0.05) is 52.0 Å². The molecule has 2 N–H and O–H groups in total. The molecule has 0 aliphatic heterocycles. The van der Waals surface area contributed by atoms with Gasteiger partial charge in [-0.2, -0.15) is 0 Å². The molecule has 2 heterocycles. The Morgan fingerprint density at radius 2 is 2.00 bits per heavy atom. The summed E-state index contributed by atoms with van der Waals surface area (Å²) in [5.74, 6) is 0.0899. The second-order valence-electron chi connectivity index (χ2n) is 7.78. The van der Waals surface area contributed by atoms with Crippen molar-refractivity contribution in [3.63, 3.8) is 0 Å². The SMILES string of the molecule is CCCCC(CC)C(=O)Nc1nc2ccccn2c1C(=O)NC1CCCCC1. The number of imidazole rings is 1. The van der Waals surface area contributed by atoms with Crippen LogP contribution in [-0.2, 0) is 4.79 Å². The molecule has 0 saturated heterocycles. The molecule has 3 rings (SSSR count). The minimum Gasteiger partial charge on any atom is -0.348 e. The van der Waals surface area contributed by atoms with E-state index in [2.05, 4.69) is 22.5 Å². The molecule has 2 aromatic heterocycles. The van der Waals surface area contributed by atoms with Gasteiger partial charge in [-0.05, 0) is 37.8 Å². The number of fused-ring (bicyclic) bond motifs is 1. The predicted molar refractivity (Wildman–Crippen MR) is 111 cm³/mol. The van der Waals surface area contributed by atoms with Crippen molar-refractivity contribution < 1.29 is 9.59 Å². The molecule has 2 amide bonds. The number of hydrogen-bond acceptors (Lipinski definition) is 3. The Kier molecular flexibility index (Phi) is 7.06. The Morgan fingerprint density at radius 3 is 2.71 bits per heavy atom. The summed E-state index contributed by atoms with van der Waals surface area (Å²) < 4.78 is 1.76. The van der Waals surface area contributed by atoms with E-state index in [1.165, 1.54) is 6.42 Å². The Labute approximate surface area is 167 Å². The second kappa shape index (κ2) is 9.71. The first-order chi connectivity index (χ1) is 13.6. The molecule has 1 saturated carbocycles. The van der Waals surface area contributed by atoms with E-state index in [0.717, 1.165) is 51.4 Å². The highest BCUT2D eigenvalue weighted by atomic mass is 16.2. The Morgan fingerprint density at radius 1 is 1.21 bits per heavy atom. The standard InChI is InChI=1S/C22H32N4O2/c1-3-5-11-16(4-2)21(27)25-20-19(26-15-10-9-14-18(26)24-20)22(28)23-17-12-7-6-8-13-17/h9-10,14-17H,3-8,11-13H2,1-2H3,(H,23,28)(H,25,27). The maximum Gasteiger partial charge on any atom is 0.272 e. The number of aromatic nitrogens is 2. The van der Waals surface area contributed by atoms with Gasteiger partial charge < -0.3 is 10.6 Å². The first kappa shape index (κ1) is 20.4. The molecule has 6 nitrogen and oxygen atoms in total. The summed E-state index contributed by atoms with van der Waals surface area (Å²) in [6.07, 6.45) is 11.1. The minimum absolute atomic E-state index is 0.0499. The summed E-state index contributed by atoms with van der Waals surface area (Å²) in [5.41, 5.74) is 1.08. The lowest BCUT2D eigenvalue weighted by atomic mass is 9.95. The molecule has 1 atom stereocenters. The molecule has 0 aromatic carbocycles. The zero-order valence-electron chi connectivity index (χ0n) is 17.0. The van der Waals surface area contributed by atoms with Gasteiger partial charge in [-0.25, -0.2) is 4.98 Å². The molecule has 152 valence electrons. The molecule has 1 unspecified atom stereocenters. The lowest BCUT2D eigenvalue weighted by Crippen LogP contribution is -2.37. The average Bonchev–Trinajstić information content (AvgIpc) is 3.07. The van der Waals surface area contributed by atoms with E-state index in [0.29, 0.717) is 17.2 Å². The third-order valence-corrected chi connectivity index (χ3v) is 5.70. The van der Waals surface area contributed by atoms with Crippen LogP contribution < -0.4 is 10.6 Å². The van der Waals surface area contributed by atoms with E-state index in [9.17, 15) is 9.59 Å². The Balaban J connectivity index is 1.84. The number of nitrogens with one attached hydrogen (secondary N) is 2. The van der Waals surface area contributed by atoms with Crippen LogP contribution in [0.25, 0.3) is 5.65 Å². The molecule has 1 aliphatic rings. The first-order valence-corrected chi connectivity index (χ1v) is 10.7. The van der Waals surface area contributed by atoms with Gasteiger partial charge in [0.15, 0.2) is 11.5 Å². The summed E-state index contributed by atoms with van der Waals surface area (Å²) in [7, 11) is 0. The number of nitrogens with zero attached hydrogens (tertiary/aromatic N) is 2. The highest BCUT2D eigenvalue weighted by Crippen LogP contribution is 2.23. The zero-order valence-corrected chi connectivity index (χ0v) is 17.0. The van der Waals surface area contributed by atoms with Crippen LogP contribution in [0.1, 0.15) is 82.1 Å². The van der Waals surface area contributed by atoms with E-state index in [-0.39, 0.29) is 23.8 Å². The second-order valence-corrected chi connectivity index (χ2v) is 7.78. The Hall–Kier alpha value is -2.37. The summed E-state index contributed by atoms with van der Waals surface area (Å²) in [6.45, 7) is 4.15. The fourth-order valence-corrected chi connectivity index (χ4v) is 3.99. The van der Waals surface area contributed by atoms with Crippen molar-refractivity contribution in [2.45, 2.75) is 77.7 Å². The summed E-state index contributed by atoms with van der Waals surface area (Å²) in [6, 6.07) is 5.80. The number of unbranched alkanes of at least 4 members (excludes halogenated alkanes) is 1. The van der Waals surface area contributed by atoms with Crippen LogP contribution in [0, 0.1) is 5.92 Å². The molecule has 28 heavy (non-hydrogen) atoms. The highest BCUT2D eigenvalue weighted by molar-refractivity contribution is 6.03. The number of rotatable bonds is 8. The summed E-state index contributed by atoms with van der Waals surface area (Å²) >= 11 is 0. The van der Waals surface area contributed by atoms with Gasteiger partial charge >= 0.3 is 0 Å². The third-order valence-electron chi connectivity index (χ3n) is 5.70. The number of carbonyl (C=O) groups is 2. The predicted octanol–water partition coefficient (Wildman–Crippen LogP) is 4.55. The average molecular weight is 385 g/mol. The van der Waals surface area contributed by atoms with E-state index in [4.69, 9.17) is 0 Å². The zero-order chi connectivity index (χ0) is 19.9. The Bertz CT molecular complexity index is 808. The smallest absolute Gasteiger partial charge is 0.272 e. The van der Waals surface area contributed by atoms with E-state index >= 15 is 0 Å². The molecule has 6 heteroatoms. The van der Waals surface area contributed by atoms with Crippen LogP contribution in [0.5, 0.6) is 0 Å². The fraction of sp³-hybridized carbons (Fsp3) is 0.591. The van der Waals surface area contributed by atoms with Crippen LogP contribution in [-0.4, -0.2) is 27.2 Å². The highest BCUT2D eigenvalue weighted by Gasteiger charge is 2.25. The van der Waals surface area contributed by atoms with E-state index < -0.39 is 0 Å². The van der Waals surface area contributed by atoms with Gasteiger partial charge in [0, 0.05) is 18.2 Å². The molecule has 2 aromatic rings. The number of amides is 2. The van der Waals surface area contributed by atoms with Crippen LogP contribution >= 0.6 is 0 Å². The summed E-state index contributed by atoms with van der Waals surface area (Å²) in [5, 5.41) is 6.10. The minimum atomic E-state index is -0.164. The van der Waals surface area contributed by atoms with Crippen molar-refractivity contribution in [1.82, 2.24) is 14.7 Å². The maximum atomic E-state index is 13.1. The van der Waals surface area contributed by atoms with Crippen LogP contribution in [0.15, 0.2) is 24.4 Å². The fourth-order valence-electron chi connectivity index (χ4n) is 3.99. The van der Waals surface area contributed by atoms with Crippen molar-refractivity contribution in [2.75, 3.05) is 5.32 Å². The summed E-state index contributed by atoms with van der Waals surface area (Å²) in [4.78, 5) is 30.4. The number of pyridine rings is 1. The topological polar surface area (TPSA) is 75.5 Å². The van der Waals surface area contributed by atoms with Gasteiger partial charge in [0.1, 0.15) is 5.65 Å². The molecule has 0 radical (unpaired) electrons. The van der Waals surface area contributed by atoms with Gasteiger partial charge in [0.25, 0.3) is 5.91 Å². The first-order valence-electron chi connectivity index (χ1n) is 10.7. The third kappa shape index (κ3) is 4.72. The normalized spacial score (nSPS) is 16.1. The molecular formula is C22H32N4O2. The molecule has 0 spiro atoms.